The lowest BCUT2D eigenvalue weighted by Crippen LogP contribution is -2.20. The number of hydrogen-bond donors (Lipinski definition) is 0. The second kappa shape index (κ2) is 6.48. The van der Waals surface area contributed by atoms with E-state index in [0.717, 1.165) is 24.3 Å². The molecule has 0 amide bonds. The first-order chi connectivity index (χ1) is 9.08. The zero-order chi connectivity index (χ0) is 13.8. The molecule has 0 aromatic heterocycles. The van der Waals surface area contributed by atoms with Crippen LogP contribution >= 0.6 is 15.9 Å². The molecule has 1 saturated carbocycles. The van der Waals surface area contributed by atoms with Gasteiger partial charge >= 0.3 is 0 Å². The third-order valence-electron chi connectivity index (χ3n) is 3.69. The minimum absolute atomic E-state index is 0.0957. The highest BCUT2D eigenvalue weighted by Gasteiger charge is 2.20. The summed E-state index contributed by atoms with van der Waals surface area (Å²) in [4.78, 5) is 10.5. The summed E-state index contributed by atoms with van der Waals surface area (Å²) in [6.45, 7) is 2.70. The standard InChI is InChI=1S/C14H18BrNO3/c1-10-5-7-12(8-6-10)19-9-11-3-2-4-13(14(11)15)16(17)18/h2-4,10,12H,5-9H2,1H3. The van der Waals surface area contributed by atoms with Gasteiger partial charge in [-0.2, -0.15) is 0 Å². The number of nitro benzene ring substituents is 1. The lowest BCUT2D eigenvalue weighted by atomic mass is 9.89. The number of halogens is 1. The smallest absolute Gasteiger partial charge is 0.283 e. The molecule has 1 aromatic rings. The molecule has 1 aliphatic carbocycles. The quantitative estimate of drug-likeness (QED) is 0.606. The van der Waals surface area contributed by atoms with Gasteiger partial charge in [0.15, 0.2) is 0 Å². The van der Waals surface area contributed by atoms with Crippen molar-refractivity contribution in [2.24, 2.45) is 5.92 Å². The summed E-state index contributed by atoms with van der Waals surface area (Å²) >= 11 is 3.29. The lowest BCUT2D eigenvalue weighted by Gasteiger charge is -2.26. The summed E-state index contributed by atoms with van der Waals surface area (Å²) in [7, 11) is 0. The second-order valence-corrected chi connectivity index (χ2v) is 5.99. The van der Waals surface area contributed by atoms with E-state index in [1.54, 1.807) is 6.07 Å². The monoisotopic (exact) mass is 327 g/mol. The molecule has 0 N–H and O–H groups in total. The van der Waals surface area contributed by atoms with Crippen molar-refractivity contribution in [3.05, 3.63) is 38.3 Å². The Kier molecular flexibility index (Phi) is 4.93. The molecule has 104 valence electrons. The molecule has 0 spiro atoms. The van der Waals surface area contributed by atoms with E-state index in [0.29, 0.717) is 17.2 Å². The summed E-state index contributed by atoms with van der Waals surface area (Å²) in [5, 5.41) is 10.9. The fraction of sp³-hybridized carbons (Fsp3) is 0.571. The van der Waals surface area contributed by atoms with Gasteiger partial charge in [0.05, 0.1) is 17.6 Å². The fourth-order valence-electron chi connectivity index (χ4n) is 2.42. The van der Waals surface area contributed by atoms with Crippen LogP contribution in [0.1, 0.15) is 38.2 Å². The van der Waals surface area contributed by atoms with Gasteiger partial charge in [-0.25, -0.2) is 0 Å². The van der Waals surface area contributed by atoms with E-state index in [1.165, 1.54) is 18.9 Å². The lowest BCUT2D eigenvalue weighted by molar-refractivity contribution is -0.385. The predicted octanol–water partition coefficient (Wildman–Crippen LogP) is 4.45. The molecule has 0 heterocycles. The number of nitro groups is 1. The number of benzene rings is 1. The van der Waals surface area contributed by atoms with Crippen LogP contribution in [0.4, 0.5) is 5.69 Å². The molecule has 1 aliphatic rings. The van der Waals surface area contributed by atoms with Crippen LogP contribution in [0, 0.1) is 16.0 Å². The van der Waals surface area contributed by atoms with Crippen LogP contribution in [-0.2, 0) is 11.3 Å². The van der Waals surface area contributed by atoms with Crippen LogP contribution in [-0.4, -0.2) is 11.0 Å². The highest BCUT2D eigenvalue weighted by Crippen LogP contribution is 2.30. The first-order valence-corrected chi connectivity index (χ1v) is 7.40. The molecule has 19 heavy (non-hydrogen) atoms. The second-order valence-electron chi connectivity index (χ2n) is 5.20. The highest BCUT2D eigenvalue weighted by molar-refractivity contribution is 9.10. The van der Waals surface area contributed by atoms with Crippen LogP contribution in [0.3, 0.4) is 0 Å². The van der Waals surface area contributed by atoms with Gasteiger partial charge in [0, 0.05) is 6.07 Å². The average Bonchev–Trinajstić information content (AvgIpc) is 2.39. The van der Waals surface area contributed by atoms with E-state index in [2.05, 4.69) is 22.9 Å². The minimum Gasteiger partial charge on any atom is -0.373 e. The summed E-state index contributed by atoms with van der Waals surface area (Å²) < 4.78 is 6.41. The van der Waals surface area contributed by atoms with E-state index in [-0.39, 0.29) is 10.6 Å². The van der Waals surface area contributed by atoms with Gasteiger partial charge in [0.1, 0.15) is 4.47 Å². The Morgan fingerprint density at radius 3 is 2.68 bits per heavy atom. The number of nitrogens with zero attached hydrogens (tertiary/aromatic N) is 1. The van der Waals surface area contributed by atoms with Crippen molar-refractivity contribution in [3.8, 4) is 0 Å². The fourth-order valence-corrected chi connectivity index (χ4v) is 2.95. The summed E-state index contributed by atoms with van der Waals surface area (Å²) in [6, 6.07) is 5.06. The van der Waals surface area contributed by atoms with Gasteiger partial charge in [0.2, 0.25) is 0 Å². The molecule has 0 aliphatic heterocycles. The van der Waals surface area contributed by atoms with E-state index >= 15 is 0 Å². The largest absolute Gasteiger partial charge is 0.373 e. The molecular weight excluding hydrogens is 310 g/mol. The first-order valence-electron chi connectivity index (χ1n) is 6.61. The van der Waals surface area contributed by atoms with Crippen molar-refractivity contribution in [1.29, 1.82) is 0 Å². The molecule has 0 bridgehead atoms. The van der Waals surface area contributed by atoms with Gasteiger partial charge in [-0.05, 0) is 53.1 Å². The zero-order valence-corrected chi connectivity index (χ0v) is 12.6. The maximum absolute atomic E-state index is 10.9. The summed E-state index contributed by atoms with van der Waals surface area (Å²) in [6.07, 6.45) is 4.89. The zero-order valence-electron chi connectivity index (χ0n) is 11.0. The Morgan fingerprint density at radius 1 is 1.37 bits per heavy atom. The molecule has 0 atom stereocenters. The topological polar surface area (TPSA) is 52.4 Å². The maximum Gasteiger partial charge on any atom is 0.283 e. The average molecular weight is 328 g/mol. The summed E-state index contributed by atoms with van der Waals surface area (Å²) in [5.41, 5.74) is 0.936. The normalized spacial score (nSPS) is 23.3. The van der Waals surface area contributed by atoms with Crippen LogP contribution in [0.25, 0.3) is 0 Å². The molecule has 0 radical (unpaired) electrons. The Labute approximate surface area is 121 Å². The molecule has 0 unspecified atom stereocenters. The molecule has 5 heteroatoms. The molecular formula is C14H18BrNO3. The third kappa shape index (κ3) is 3.76. The molecule has 2 rings (SSSR count). The number of hydrogen-bond acceptors (Lipinski definition) is 3. The van der Waals surface area contributed by atoms with Gasteiger partial charge in [-0.15, -0.1) is 0 Å². The van der Waals surface area contributed by atoms with Crippen LogP contribution in [0.5, 0.6) is 0 Å². The Bertz CT molecular complexity index is 456. The van der Waals surface area contributed by atoms with Crippen molar-refractivity contribution < 1.29 is 9.66 Å². The van der Waals surface area contributed by atoms with Crippen molar-refractivity contribution in [3.63, 3.8) is 0 Å². The Balaban J connectivity index is 1.96. The number of rotatable bonds is 4. The molecule has 0 saturated heterocycles. The Hall–Kier alpha value is -0.940. The summed E-state index contributed by atoms with van der Waals surface area (Å²) in [5.74, 6) is 0.796. The number of ether oxygens (including phenoxy) is 1. The minimum atomic E-state index is -0.379. The maximum atomic E-state index is 10.9. The van der Waals surface area contributed by atoms with Gasteiger partial charge < -0.3 is 4.74 Å². The van der Waals surface area contributed by atoms with Crippen LogP contribution < -0.4 is 0 Å². The highest BCUT2D eigenvalue weighted by atomic mass is 79.9. The van der Waals surface area contributed by atoms with Crippen molar-refractivity contribution >= 4 is 21.6 Å². The van der Waals surface area contributed by atoms with Crippen molar-refractivity contribution in [2.45, 2.75) is 45.3 Å². The molecule has 1 aromatic carbocycles. The Morgan fingerprint density at radius 2 is 2.05 bits per heavy atom. The molecule has 4 nitrogen and oxygen atoms in total. The first kappa shape index (κ1) is 14.5. The van der Waals surface area contributed by atoms with Gasteiger partial charge in [-0.1, -0.05) is 19.1 Å². The van der Waals surface area contributed by atoms with E-state index < -0.39 is 0 Å². The third-order valence-corrected chi connectivity index (χ3v) is 4.61. The van der Waals surface area contributed by atoms with Crippen LogP contribution in [0.15, 0.2) is 22.7 Å². The van der Waals surface area contributed by atoms with Crippen LogP contribution in [0.2, 0.25) is 0 Å². The SMILES string of the molecule is CC1CCC(OCc2cccc([N+](=O)[O-])c2Br)CC1. The van der Waals surface area contributed by atoms with E-state index in [9.17, 15) is 10.1 Å². The van der Waals surface area contributed by atoms with E-state index in [4.69, 9.17) is 4.74 Å². The predicted molar refractivity (Wildman–Crippen MR) is 77.0 cm³/mol. The van der Waals surface area contributed by atoms with Gasteiger partial charge in [0.25, 0.3) is 5.69 Å². The van der Waals surface area contributed by atoms with Crippen molar-refractivity contribution in [1.82, 2.24) is 0 Å². The van der Waals surface area contributed by atoms with Crippen molar-refractivity contribution in [2.75, 3.05) is 0 Å². The van der Waals surface area contributed by atoms with E-state index in [1.807, 2.05) is 6.07 Å². The van der Waals surface area contributed by atoms with Gasteiger partial charge in [-0.3, -0.25) is 10.1 Å². The molecule has 1 fully saturated rings.